The second kappa shape index (κ2) is 7.41. The smallest absolute Gasteiger partial charge is 0.338 e. The second-order valence-corrected chi connectivity index (χ2v) is 6.65. The van der Waals surface area contributed by atoms with Crippen LogP contribution in [0.25, 0.3) is 0 Å². The number of nitrogens with one attached hydrogen (secondary N) is 1. The van der Waals surface area contributed by atoms with E-state index in [4.69, 9.17) is 9.47 Å². The van der Waals surface area contributed by atoms with Crippen molar-refractivity contribution < 1.29 is 27.1 Å². The molecule has 2 aromatic carbocycles. The Bertz CT molecular complexity index is 851. The molecule has 0 aliphatic carbocycles. The van der Waals surface area contributed by atoms with Gasteiger partial charge in [-0.3, -0.25) is 0 Å². The van der Waals surface area contributed by atoms with E-state index >= 15 is 0 Å². The lowest BCUT2D eigenvalue weighted by atomic mass is 10.2. The number of hydrogen-bond donors (Lipinski definition) is 1. The van der Waals surface area contributed by atoms with Crippen LogP contribution >= 0.6 is 0 Å². The maximum atomic E-state index is 13.3. The first-order valence-corrected chi connectivity index (χ1v) is 8.39. The van der Waals surface area contributed by atoms with E-state index in [0.717, 1.165) is 0 Å². The van der Waals surface area contributed by atoms with E-state index in [-0.39, 0.29) is 17.1 Å². The summed E-state index contributed by atoms with van der Waals surface area (Å²) in [5.41, 5.74) is 0.437. The van der Waals surface area contributed by atoms with Gasteiger partial charge in [0.2, 0.25) is 10.0 Å². The highest BCUT2D eigenvalue weighted by molar-refractivity contribution is 7.89. The molecular formula is C16H16FNO5S. The van der Waals surface area contributed by atoms with Gasteiger partial charge in [-0.05, 0) is 43.4 Å². The number of rotatable bonds is 6. The average Bonchev–Trinajstić information content (AvgIpc) is 2.59. The molecule has 2 rings (SSSR count). The van der Waals surface area contributed by atoms with Crippen LogP contribution in [0.1, 0.15) is 15.9 Å². The highest BCUT2D eigenvalue weighted by Gasteiger charge is 2.16. The van der Waals surface area contributed by atoms with Crippen LogP contribution in [-0.4, -0.2) is 28.5 Å². The number of ether oxygens (including phenoxy) is 2. The highest BCUT2D eigenvalue weighted by Crippen LogP contribution is 2.21. The quantitative estimate of drug-likeness (QED) is 0.805. The summed E-state index contributed by atoms with van der Waals surface area (Å²) < 4.78 is 49.1. The molecular weight excluding hydrogens is 337 g/mol. The number of halogens is 1. The van der Waals surface area contributed by atoms with E-state index in [0.29, 0.717) is 11.3 Å². The van der Waals surface area contributed by atoms with Crippen LogP contribution in [0.5, 0.6) is 5.75 Å². The largest absolute Gasteiger partial charge is 0.496 e. The summed E-state index contributed by atoms with van der Waals surface area (Å²) in [5.74, 6) is -0.825. The Labute approximate surface area is 139 Å². The van der Waals surface area contributed by atoms with Crippen molar-refractivity contribution in [3.63, 3.8) is 0 Å². The van der Waals surface area contributed by atoms with Gasteiger partial charge in [-0.1, -0.05) is 6.07 Å². The topological polar surface area (TPSA) is 81.7 Å². The van der Waals surface area contributed by atoms with Gasteiger partial charge in [-0.25, -0.2) is 22.3 Å². The second-order valence-electron chi connectivity index (χ2n) is 4.77. The molecule has 0 aliphatic heterocycles. The molecule has 0 bridgehead atoms. The number of methoxy groups -OCH3 is 1. The lowest BCUT2D eigenvalue weighted by Crippen LogP contribution is -2.19. The molecule has 2 aromatic rings. The van der Waals surface area contributed by atoms with E-state index in [1.165, 1.54) is 56.6 Å². The van der Waals surface area contributed by atoms with Gasteiger partial charge in [0, 0.05) is 5.56 Å². The summed E-state index contributed by atoms with van der Waals surface area (Å²) in [6.45, 7) is -0.206. The highest BCUT2D eigenvalue weighted by atomic mass is 32.2. The Hall–Kier alpha value is -2.45. The summed E-state index contributed by atoms with van der Waals surface area (Å²) in [5, 5.41) is 0. The zero-order valence-electron chi connectivity index (χ0n) is 13.1. The third kappa shape index (κ3) is 4.09. The molecule has 0 unspecified atom stereocenters. The van der Waals surface area contributed by atoms with Gasteiger partial charge >= 0.3 is 5.97 Å². The standard InChI is InChI=1S/C16H16FNO5S/c1-18-24(20,21)14-5-3-4-11(9-14)16(19)23-10-12-8-13(17)6-7-15(12)22-2/h3-9,18H,10H2,1-2H3. The molecule has 0 spiro atoms. The van der Waals surface area contributed by atoms with Crippen LogP contribution in [-0.2, 0) is 21.4 Å². The van der Waals surface area contributed by atoms with E-state index in [9.17, 15) is 17.6 Å². The average molecular weight is 353 g/mol. The molecule has 6 nitrogen and oxygen atoms in total. The molecule has 0 amide bonds. The first kappa shape index (κ1) is 17.9. The SMILES string of the molecule is CNS(=O)(=O)c1cccc(C(=O)OCc2cc(F)ccc2OC)c1. The number of carbonyl (C=O) groups excluding carboxylic acids is 1. The van der Waals surface area contributed by atoms with E-state index in [1.807, 2.05) is 0 Å². The van der Waals surface area contributed by atoms with Crippen molar-refractivity contribution in [3.8, 4) is 5.75 Å². The third-order valence-electron chi connectivity index (χ3n) is 3.25. The Morgan fingerprint density at radius 2 is 1.96 bits per heavy atom. The third-order valence-corrected chi connectivity index (χ3v) is 4.66. The minimum absolute atomic E-state index is 0.0530. The normalized spacial score (nSPS) is 11.1. The molecule has 128 valence electrons. The molecule has 0 fully saturated rings. The predicted molar refractivity (Wildman–Crippen MR) is 84.8 cm³/mol. The zero-order chi connectivity index (χ0) is 17.7. The summed E-state index contributed by atoms with van der Waals surface area (Å²) >= 11 is 0. The van der Waals surface area contributed by atoms with Gasteiger partial charge in [-0.15, -0.1) is 0 Å². The predicted octanol–water partition coefficient (Wildman–Crippen LogP) is 2.10. The molecule has 8 heteroatoms. The van der Waals surface area contributed by atoms with Crippen LogP contribution < -0.4 is 9.46 Å². The molecule has 0 heterocycles. The number of carbonyl (C=O) groups is 1. The fraction of sp³-hybridized carbons (Fsp3) is 0.188. The minimum Gasteiger partial charge on any atom is -0.496 e. The number of hydrogen-bond acceptors (Lipinski definition) is 5. The van der Waals surface area contributed by atoms with Crippen molar-refractivity contribution in [2.45, 2.75) is 11.5 Å². The first-order valence-electron chi connectivity index (χ1n) is 6.90. The Morgan fingerprint density at radius 3 is 2.62 bits per heavy atom. The fourth-order valence-electron chi connectivity index (χ4n) is 1.99. The van der Waals surface area contributed by atoms with Crippen molar-refractivity contribution in [1.82, 2.24) is 4.72 Å². The molecule has 0 saturated heterocycles. The maximum Gasteiger partial charge on any atom is 0.338 e. The Morgan fingerprint density at radius 1 is 1.21 bits per heavy atom. The van der Waals surface area contributed by atoms with Gasteiger partial charge in [0.1, 0.15) is 18.2 Å². The lowest BCUT2D eigenvalue weighted by Gasteiger charge is -2.10. The molecule has 1 N–H and O–H groups in total. The van der Waals surface area contributed by atoms with Crippen molar-refractivity contribution in [2.75, 3.05) is 14.2 Å². The Kier molecular flexibility index (Phi) is 5.53. The van der Waals surface area contributed by atoms with Crippen LogP contribution in [0.15, 0.2) is 47.4 Å². The first-order chi connectivity index (χ1) is 11.4. The summed E-state index contributed by atoms with van der Waals surface area (Å²) in [6.07, 6.45) is 0. The summed E-state index contributed by atoms with van der Waals surface area (Å²) in [4.78, 5) is 12.0. The van der Waals surface area contributed by atoms with Gasteiger partial charge in [0.15, 0.2) is 0 Å². The van der Waals surface area contributed by atoms with Crippen molar-refractivity contribution in [3.05, 3.63) is 59.4 Å². The molecule has 0 saturated carbocycles. The van der Waals surface area contributed by atoms with Crippen LogP contribution in [0.2, 0.25) is 0 Å². The maximum absolute atomic E-state index is 13.3. The zero-order valence-corrected chi connectivity index (χ0v) is 13.9. The molecule has 24 heavy (non-hydrogen) atoms. The monoisotopic (exact) mass is 353 g/mol. The number of sulfonamides is 1. The van der Waals surface area contributed by atoms with Crippen LogP contribution in [0, 0.1) is 5.82 Å². The minimum atomic E-state index is -3.66. The van der Waals surface area contributed by atoms with E-state index in [1.54, 1.807) is 0 Å². The van der Waals surface area contributed by atoms with E-state index in [2.05, 4.69) is 4.72 Å². The van der Waals surface area contributed by atoms with Crippen molar-refractivity contribution in [1.29, 1.82) is 0 Å². The van der Waals surface area contributed by atoms with Crippen molar-refractivity contribution in [2.24, 2.45) is 0 Å². The van der Waals surface area contributed by atoms with Gasteiger partial charge in [-0.2, -0.15) is 0 Å². The van der Waals surface area contributed by atoms with Crippen LogP contribution in [0.3, 0.4) is 0 Å². The summed E-state index contributed by atoms with van der Waals surface area (Å²) in [7, 11) is -0.969. The lowest BCUT2D eigenvalue weighted by molar-refractivity contribution is 0.0469. The van der Waals surface area contributed by atoms with Gasteiger partial charge in [0.05, 0.1) is 17.6 Å². The van der Waals surface area contributed by atoms with Gasteiger partial charge in [0.25, 0.3) is 0 Å². The number of benzene rings is 2. The number of esters is 1. The molecule has 0 radical (unpaired) electrons. The molecule has 0 aromatic heterocycles. The van der Waals surface area contributed by atoms with E-state index < -0.39 is 21.8 Å². The molecule has 0 atom stereocenters. The summed E-state index contributed by atoms with van der Waals surface area (Å²) in [6, 6.07) is 9.29. The Balaban J connectivity index is 2.17. The fourth-order valence-corrected chi connectivity index (χ4v) is 2.77. The van der Waals surface area contributed by atoms with Gasteiger partial charge < -0.3 is 9.47 Å². The molecule has 0 aliphatic rings. The van der Waals surface area contributed by atoms with Crippen LogP contribution in [0.4, 0.5) is 4.39 Å². The van der Waals surface area contributed by atoms with Crippen molar-refractivity contribution >= 4 is 16.0 Å².